The van der Waals surface area contributed by atoms with Gasteiger partial charge in [-0.05, 0) is 18.6 Å². The molecule has 0 atom stereocenters. The van der Waals surface area contributed by atoms with Gasteiger partial charge in [-0.3, -0.25) is 0 Å². The highest BCUT2D eigenvalue weighted by atomic mass is 14.7. The molecule has 2 nitrogen and oxygen atoms in total. The van der Waals surface area contributed by atoms with Gasteiger partial charge in [0.05, 0.1) is 0 Å². The normalized spacial score (nSPS) is 8.27. The van der Waals surface area contributed by atoms with Crippen molar-refractivity contribution in [1.29, 1.82) is 5.26 Å². The van der Waals surface area contributed by atoms with Crippen LogP contribution in [0, 0.1) is 30.6 Å². The minimum absolute atomic E-state index is 0.404. The van der Waals surface area contributed by atoms with Crippen molar-refractivity contribution in [1.82, 2.24) is 4.98 Å². The molecule has 0 radical (unpaired) electrons. The second-order valence-electron chi connectivity index (χ2n) is 2.14. The van der Waals surface area contributed by atoms with Gasteiger partial charge in [-0.15, -0.1) is 6.42 Å². The van der Waals surface area contributed by atoms with Crippen LogP contribution < -0.4 is 0 Å². The Balaban J connectivity index is 3.25. The SMILES string of the molecule is C#Cc1cnc(C#N)cc1C. The Kier molecular flexibility index (Phi) is 1.90. The van der Waals surface area contributed by atoms with Crippen LogP contribution in [0.4, 0.5) is 0 Å². The molecule has 0 aromatic carbocycles. The van der Waals surface area contributed by atoms with Crippen LogP contribution in [-0.4, -0.2) is 4.98 Å². The molecule has 0 aliphatic heterocycles. The Bertz CT molecular complexity index is 353. The Labute approximate surface area is 65.5 Å². The topological polar surface area (TPSA) is 36.7 Å². The van der Waals surface area contributed by atoms with Crippen molar-refractivity contribution < 1.29 is 0 Å². The standard InChI is InChI=1S/C9H6N2/c1-3-8-6-11-9(5-10)4-7(8)2/h1,4,6H,2H3. The third-order valence-corrected chi connectivity index (χ3v) is 1.38. The lowest BCUT2D eigenvalue weighted by molar-refractivity contribution is 1.22. The summed E-state index contributed by atoms with van der Waals surface area (Å²) in [5, 5.41) is 8.46. The number of hydrogen-bond acceptors (Lipinski definition) is 2. The van der Waals surface area contributed by atoms with Crippen molar-refractivity contribution in [2.45, 2.75) is 6.92 Å². The number of aryl methyl sites for hydroxylation is 1. The van der Waals surface area contributed by atoms with E-state index < -0.39 is 0 Å². The molecule has 0 fully saturated rings. The molecule has 1 aromatic heterocycles. The molecular weight excluding hydrogens is 136 g/mol. The van der Waals surface area contributed by atoms with E-state index in [1.165, 1.54) is 6.20 Å². The summed E-state index contributed by atoms with van der Waals surface area (Å²) in [6, 6.07) is 3.62. The van der Waals surface area contributed by atoms with E-state index in [1.807, 2.05) is 13.0 Å². The Morgan fingerprint density at radius 1 is 1.64 bits per heavy atom. The van der Waals surface area contributed by atoms with Gasteiger partial charge in [0.1, 0.15) is 11.8 Å². The average molecular weight is 142 g/mol. The van der Waals surface area contributed by atoms with Crippen LogP contribution in [0.15, 0.2) is 12.3 Å². The molecule has 1 rings (SSSR count). The van der Waals surface area contributed by atoms with Gasteiger partial charge < -0.3 is 0 Å². The highest BCUT2D eigenvalue weighted by Crippen LogP contribution is 2.05. The maximum Gasteiger partial charge on any atom is 0.140 e. The van der Waals surface area contributed by atoms with Crippen LogP contribution in [0.1, 0.15) is 16.8 Å². The zero-order chi connectivity index (χ0) is 8.27. The van der Waals surface area contributed by atoms with E-state index in [0.717, 1.165) is 11.1 Å². The van der Waals surface area contributed by atoms with Gasteiger partial charge in [-0.1, -0.05) is 5.92 Å². The van der Waals surface area contributed by atoms with Crippen LogP contribution in [0.5, 0.6) is 0 Å². The fourth-order valence-corrected chi connectivity index (χ4v) is 0.768. The van der Waals surface area contributed by atoms with Gasteiger partial charge >= 0.3 is 0 Å². The first kappa shape index (κ1) is 7.31. The predicted octanol–water partition coefficient (Wildman–Crippen LogP) is 1.24. The van der Waals surface area contributed by atoms with E-state index in [2.05, 4.69) is 10.9 Å². The molecular formula is C9H6N2. The summed E-state index contributed by atoms with van der Waals surface area (Å²) in [4.78, 5) is 3.83. The lowest BCUT2D eigenvalue weighted by Crippen LogP contribution is -1.87. The number of hydrogen-bond donors (Lipinski definition) is 0. The highest BCUT2D eigenvalue weighted by Gasteiger charge is 1.96. The number of terminal acetylenes is 1. The van der Waals surface area contributed by atoms with E-state index in [1.54, 1.807) is 6.07 Å². The summed E-state index contributed by atoms with van der Waals surface area (Å²) in [6.07, 6.45) is 6.70. The minimum Gasteiger partial charge on any atom is -0.244 e. The molecule has 1 aromatic rings. The van der Waals surface area contributed by atoms with E-state index in [9.17, 15) is 0 Å². The number of nitriles is 1. The van der Waals surface area contributed by atoms with Crippen molar-refractivity contribution >= 4 is 0 Å². The molecule has 11 heavy (non-hydrogen) atoms. The average Bonchev–Trinajstić information content (AvgIpc) is 2.04. The largest absolute Gasteiger partial charge is 0.244 e. The number of rotatable bonds is 0. The molecule has 2 heteroatoms. The van der Waals surface area contributed by atoms with Crippen molar-refractivity contribution in [2.75, 3.05) is 0 Å². The summed E-state index contributed by atoms with van der Waals surface area (Å²) in [5.74, 6) is 2.47. The smallest absolute Gasteiger partial charge is 0.140 e. The quantitative estimate of drug-likeness (QED) is 0.511. The fraction of sp³-hybridized carbons (Fsp3) is 0.111. The second-order valence-corrected chi connectivity index (χ2v) is 2.14. The zero-order valence-corrected chi connectivity index (χ0v) is 6.13. The summed E-state index contributed by atoms with van der Waals surface area (Å²) < 4.78 is 0. The first-order valence-corrected chi connectivity index (χ1v) is 3.11. The van der Waals surface area contributed by atoms with Gasteiger partial charge in [0, 0.05) is 11.8 Å². The molecule has 0 N–H and O–H groups in total. The molecule has 0 aliphatic rings. The minimum atomic E-state index is 0.404. The van der Waals surface area contributed by atoms with E-state index >= 15 is 0 Å². The van der Waals surface area contributed by atoms with Crippen molar-refractivity contribution in [3.05, 3.63) is 29.1 Å². The van der Waals surface area contributed by atoms with Crippen LogP contribution >= 0.6 is 0 Å². The first-order chi connectivity index (χ1) is 5.27. The Hall–Kier alpha value is -1.80. The number of pyridine rings is 1. The molecule has 0 saturated heterocycles. The molecule has 0 unspecified atom stereocenters. The summed E-state index contributed by atoms with van der Waals surface area (Å²) in [6.45, 7) is 1.86. The summed E-state index contributed by atoms with van der Waals surface area (Å²) in [7, 11) is 0. The molecule has 0 spiro atoms. The third kappa shape index (κ3) is 1.36. The maximum atomic E-state index is 8.46. The Morgan fingerprint density at radius 2 is 2.36 bits per heavy atom. The molecule has 52 valence electrons. The van der Waals surface area contributed by atoms with Gasteiger partial charge in [-0.25, -0.2) is 4.98 Å². The number of nitrogens with zero attached hydrogens (tertiary/aromatic N) is 2. The lowest BCUT2D eigenvalue weighted by Gasteiger charge is -1.95. The maximum absolute atomic E-state index is 8.46. The van der Waals surface area contributed by atoms with Crippen LogP contribution in [-0.2, 0) is 0 Å². The molecule has 0 aliphatic carbocycles. The second kappa shape index (κ2) is 2.86. The summed E-state index contributed by atoms with van der Waals surface area (Å²) in [5.41, 5.74) is 2.06. The van der Waals surface area contributed by atoms with Crippen molar-refractivity contribution in [3.8, 4) is 18.4 Å². The van der Waals surface area contributed by atoms with Crippen LogP contribution in [0.25, 0.3) is 0 Å². The fourth-order valence-electron chi connectivity index (χ4n) is 0.768. The van der Waals surface area contributed by atoms with E-state index in [-0.39, 0.29) is 0 Å². The van der Waals surface area contributed by atoms with E-state index in [4.69, 9.17) is 11.7 Å². The summed E-state index contributed by atoms with van der Waals surface area (Å²) >= 11 is 0. The van der Waals surface area contributed by atoms with E-state index in [0.29, 0.717) is 5.69 Å². The van der Waals surface area contributed by atoms with Crippen LogP contribution in [0.2, 0.25) is 0 Å². The van der Waals surface area contributed by atoms with Gasteiger partial charge in [0.15, 0.2) is 0 Å². The molecule has 0 bridgehead atoms. The predicted molar refractivity (Wildman–Crippen MR) is 41.6 cm³/mol. The van der Waals surface area contributed by atoms with Gasteiger partial charge in [-0.2, -0.15) is 5.26 Å². The van der Waals surface area contributed by atoms with Gasteiger partial charge in [0.2, 0.25) is 0 Å². The highest BCUT2D eigenvalue weighted by molar-refractivity contribution is 5.40. The van der Waals surface area contributed by atoms with Crippen molar-refractivity contribution in [3.63, 3.8) is 0 Å². The Morgan fingerprint density at radius 3 is 2.82 bits per heavy atom. The van der Waals surface area contributed by atoms with Crippen LogP contribution in [0.3, 0.4) is 0 Å². The molecule has 0 saturated carbocycles. The van der Waals surface area contributed by atoms with Crippen molar-refractivity contribution in [2.24, 2.45) is 0 Å². The first-order valence-electron chi connectivity index (χ1n) is 3.11. The van der Waals surface area contributed by atoms with Gasteiger partial charge in [0.25, 0.3) is 0 Å². The zero-order valence-electron chi connectivity index (χ0n) is 6.13. The molecule has 1 heterocycles. The number of aromatic nitrogens is 1. The monoisotopic (exact) mass is 142 g/mol. The lowest BCUT2D eigenvalue weighted by atomic mass is 10.1. The third-order valence-electron chi connectivity index (χ3n) is 1.38. The molecule has 0 amide bonds.